The lowest BCUT2D eigenvalue weighted by molar-refractivity contribution is -0.0230. The highest BCUT2D eigenvalue weighted by Crippen LogP contribution is 2.36. The molecule has 0 bridgehead atoms. The Morgan fingerprint density at radius 3 is 2.35 bits per heavy atom. The SMILES string of the molecule is COCC(C(C)C)N1CC2(CCCC2)NCC1C(C)C. The van der Waals surface area contributed by atoms with Gasteiger partial charge in [-0.05, 0) is 24.7 Å². The van der Waals surface area contributed by atoms with Gasteiger partial charge in [-0.15, -0.1) is 0 Å². The minimum atomic E-state index is 0.395. The van der Waals surface area contributed by atoms with Crippen molar-refractivity contribution in [2.45, 2.75) is 71.0 Å². The summed E-state index contributed by atoms with van der Waals surface area (Å²) in [6.45, 7) is 12.6. The van der Waals surface area contributed by atoms with Gasteiger partial charge >= 0.3 is 0 Å². The Hall–Kier alpha value is -0.120. The van der Waals surface area contributed by atoms with E-state index in [1.807, 2.05) is 7.11 Å². The van der Waals surface area contributed by atoms with E-state index in [1.54, 1.807) is 0 Å². The third-order valence-corrected chi connectivity index (χ3v) is 5.46. The Kier molecular flexibility index (Phi) is 5.49. The summed E-state index contributed by atoms with van der Waals surface area (Å²) in [4.78, 5) is 2.78. The molecule has 2 atom stereocenters. The maximum atomic E-state index is 5.54. The molecule has 2 rings (SSSR count). The van der Waals surface area contributed by atoms with Crippen LogP contribution in [0.15, 0.2) is 0 Å². The van der Waals surface area contributed by atoms with Crippen LogP contribution in [0.5, 0.6) is 0 Å². The second-order valence-corrected chi connectivity index (χ2v) is 7.62. The first-order valence-electron chi connectivity index (χ1n) is 8.49. The second-order valence-electron chi connectivity index (χ2n) is 7.62. The van der Waals surface area contributed by atoms with Gasteiger partial charge in [-0.3, -0.25) is 4.90 Å². The Morgan fingerprint density at radius 1 is 1.20 bits per heavy atom. The Bertz CT molecular complexity index is 297. The van der Waals surface area contributed by atoms with Crippen molar-refractivity contribution in [2.75, 3.05) is 26.8 Å². The predicted molar refractivity (Wildman–Crippen MR) is 85.0 cm³/mol. The van der Waals surface area contributed by atoms with Gasteiger partial charge in [0, 0.05) is 37.8 Å². The first kappa shape index (κ1) is 16.3. The zero-order valence-corrected chi connectivity index (χ0v) is 14.1. The summed E-state index contributed by atoms with van der Waals surface area (Å²) in [6, 6.07) is 1.19. The number of piperazine rings is 1. The number of nitrogens with zero attached hydrogens (tertiary/aromatic N) is 1. The fourth-order valence-electron chi connectivity index (χ4n) is 4.17. The molecule has 0 aromatic rings. The minimum absolute atomic E-state index is 0.395. The zero-order chi connectivity index (χ0) is 14.8. The molecule has 0 amide bonds. The van der Waals surface area contributed by atoms with Gasteiger partial charge in [0.25, 0.3) is 0 Å². The number of ether oxygens (including phenoxy) is 1. The summed E-state index contributed by atoms with van der Waals surface area (Å²) in [5, 5.41) is 3.91. The van der Waals surface area contributed by atoms with E-state index < -0.39 is 0 Å². The molecular weight excluding hydrogens is 248 g/mol. The fourth-order valence-corrected chi connectivity index (χ4v) is 4.17. The van der Waals surface area contributed by atoms with Crippen LogP contribution in [0.25, 0.3) is 0 Å². The van der Waals surface area contributed by atoms with Gasteiger partial charge in [0.1, 0.15) is 0 Å². The molecule has 1 spiro atoms. The molecule has 0 radical (unpaired) electrons. The standard InChI is InChI=1S/C17H34N2O/c1-13(2)15-10-18-17(8-6-7-9-17)12-19(15)16(11-20-5)14(3)4/h13-16,18H,6-12H2,1-5H3. The quantitative estimate of drug-likeness (QED) is 0.839. The molecular formula is C17H34N2O. The molecule has 2 unspecified atom stereocenters. The van der Waals surface area contributed by atoms with Crippen molar-refractivity contribution in [1.29, 1.82) is 0 Å². The third kappa shape index (κ3) is 3.37. The summed E-state index contributed by atoms with van der Waals surface area (Å²) < 4.78 is 5.54. The zero-order valence-electron chi connectivity index (χ0n) is 14.1. The Balaban J connectivity index is 2.17. The first-order chi connectivity index (χ1) is 9.49. The number of nitrogens with one attached hydrogen (secondary N) is 1. The highest BCUT2D eigenvalue weighted by Gasteiger charge is 2.44. The summed E-state index contributed by atoms with van der Waals surface area (Å²) >= 11 is 0. The van der Waals surface area contributed by atoms with Crippen molar-refractivity contribution in [2.24, 2.45) is 11.8 Å². The normalized spacial score (nSPS) is 28.6. The molecule has 1 saturated carbocycles. The van der Waals surface area contributed by atoms with Crippen LogP contribution in [0.3, 0.4) is 0 Å². The van der Waals surface area contributed by atoms with E-state index in [2.05, 4.69) is 37.9 Å². The predicted octanol–water partition coefficient (Wildman–Crippen LogP) is 2.90. The van der Waals surface area contributed by atoms with E-state index in [0.717, 1.165) is 13.2 Å². The van der Waals surface area contributed by atoms with Gasteiger partial charge in [-0.1, -0.05) is 40.5 Å². The first-order valence-corrected chi connectivity index (χ1v) is 8.49. The molecule has 20 heavy (non-hydrogen) atoms. The van der Waals surface area contributed by atoms with Gasteiger partial charge in [0.2, 0.25) is 0 Å². The van der Waals surface area contributed by atoms with E-state index >= 15 is 0 Å². The molecule has 118 valence electrons. The lowest BCUT2D eigenvalue weighted by Crippen LogP contribution is -2.67. The fraction of sp³-hybridized carbons (Fsp3) is 1.00. The molecule has 0 aromatic heterocycles. The van der Waals surface area contributed by atoms with Crippen LogP contribution in [0, 0.1) is 11.8 Å². The van der Waals surface area contributed by atoms with E-state index in [1.165, 1.54) is 32.2 Å². The van der Waals surface area contributed by atoms with Gasteiger partial charge in [0.15, 0.2) is 0 Å². The summed E-state index contributed by atoms with van der Waals surface area (Å²) in [6.07, 6.45) is 5.49. The van der Waals surface area contributed by atoms with Crippen molar-refractivity contribution in [3.05, 3.63) is 0 Å². The summed E-state index contributed by atoms with van der Waals surface area (Å²) in [7, 11) is 1.84. The van der Waals surface area contributed by atoms with E-state index in [4.69, 9.17) is 4.74 Å². The molecule has 1 heterocycles. The van der Waals surface area contributed by atoms with Crippen molar-refractivity contribution in [3.63, 3.8) is 0 Å². The van der Waals surface area contributed by atoms with Crippen LogP contribution < -0.4 is 5.32 Å². The summed E-state index contributed by atoms with van der Waals surface area (Å²) in [5.41, 5.74) is 0.395. The van der Waals surface area contributed by atoms with Gasteiger partial charge in [-0.25, -0.2) is 0 Å². The van der Waals surface area contributed by atoms with Gasteiger partial charge in [-0.2, -0.15) is 0 Å². The molecule has 1 aliphatic carbocycles. The molecule has 1 aliphatic heterocycles. The van der Waals surface area contributed by atoms with Crippen LogP contribution >= 0.6 is 0 Å². The minimum Gasteiger partial charge on any atom is -0.383 e. The average Bonchev–Trinajstić information content (AvgIpc) is 2.83. The van der Waals surface area contributed by atoms with Crippen molar-refractivity contribution >= 4 is 0 Å². The van der Waals surface area contributed by atoms with Gasteiger partial charge in [0.05, 0.1) is 6.61 Å². The maximum absolute atomic E-state index is 5.54. The van der Waals surface area contributed by atoms with E-state index in [0.29, 0.717) is 29.5 Å². The van der Waals surface area contributed by atoms with Crippen molar-refractivity contribution < 1.29 is 4.74 Å². The molecule has 3 nitrogen and oxygen atoms in total. The highest BCUT2D eigenvalue weighted by molar-refractivity contribution is 5.03. The molecule has 1 saturated heterocycles. The highest BCUT2D eigenvalue weighted by atomic mass is 16.5. The van der Waals surface area contributed by atoms with Crippen LogP contribution in [-0.2, 0) is 4.74 Å². The maximum Gasteiger partial charge on any atom is 0.0620 e. The van der Waals surface area contributed by atoms with E-state index in [-0.39, 0.29) is 0 Å². The smallest absolute Gasteiger partial charge is 0.0620 e. The number of hydrogen-bond acceptors (Lipinski definition) is 3. The molecule has 3 heteroatoms. The monoisotopic (exact) mass is 282 g/mol. The molecule has 0 aromatic carbocycles. The number of rotatable bonds is 5. The molecule has 2 aliphatic rings. The van der Waals surface area contributed by atoms with Gasteiger partial charge < -0.3 is 10.1 Å². The number of hydrogen-bond donors (Lipinski definition) is 1. The van der Waals surface area contributed by atoms with E-state index in [9.17, 15) is 0 Å². The average molecular weight is 282 g/mol. The second kappa shape index (κ2) is 6.76. The molecule has 1 N–H and O–H groups in total. The largest absolute Gasteiger partial charge is 0.383 e. The van der Waals surface area contributed by atoms with Crippen molar-refractivity contribution in [3.8, 4) is 0 Å². The van der Waals surface area contributed by atoms with Crippen LogP contribution in [0.2, 0.25) is 0 Å². The van der Waals surface area contributed by atoms with Crippen molar-refractivity contribution in [1.82, 2.24) is 10.2 Å². The third-order valence-electron chi connectivity index (χ3n) is 5.46. The van der Waals surface area contributed by atoms with Crippen LogP contribution in [0.4, 0.5) is 0 Å². The molecule has 2 fully saturated rings. The topological polar surface area (TPSA) is 24.5 Å². The number of methoxy groups -OCH3 is 1. The Morgan fingerprint density at radius 2 is 1.85 bits per heavy atom. The Labute approximate surface area is 125 Å². The van der Waals surface area contributed by atoms with Crippen LogP contribution in [-0.4, -0.2) is 49.3 Å². The summed E-state index contributed by atoms with van der Waals surface area (Å²) in [5.74, 6) is 1.34. The lowest BCUT2D eigenvalue weighted by atomic mass is 9.86. The van der Waals surface area contributed by atoms with Crippen LogP contribution in [0.1, 0.15) is 53.4 Å². The lowest BCUT2D eigenvalue weighted by Gasteiger charge is -2.51.